The summed E-state index contributed by atoms with van der Waals surface area (Å²) < 4.78 is 27.2. The third-order valence-electron chi connectivity index (χ3n) is 4.64. The number of aliphatic hydroxyl groups excluding tert-OH is 1. The van der Waals surface area contributed by atoms with Crippen molar-refractivity contribution < 1.29 is 13.5 Å². The number of sulfone groups is 1. The number of hydrogen-bond acceptors (Lipinski definition) is 7. The van der Waals surface area contributed by atoms with E-state index in [1.165, 1.54) is 11.3 Å². The fourth-order valence-electron chi connectivity index (χ4n) is 3.16. The van der Waals surface area contributed by atoms with Crippen LogP contribution < -0.4 is 11.1 Å². The van der Waals surface area contributed by atoms with Crippen molar-refractivity contribution in [2.24, 2.45) is 5.92 Å². The van der Waals surface area contributed by atoms with Crippen molar-refractivity contribution in [3.05, 3.63) is 60.5 Å². The van der Waals surface area contributed by atoms with Crippen LogP contribution in [-0.2, 0) is 16.3 Å². The lowest BCUT2D eigenvalue weighted by Crippen LogP contribution is -2.44. The molecular weight excluding hydrogens is 406 g/mol. The summed E-state index contributed by atoms with van der Waals surface area (Å²) >= 11 is 1.26. The average Bonchev–Trinajstić information content (AvgIpc) is 3.06. The van der Waals surface area contributed by atoms with Gasteiger partial charge in [-0.1, -0.05) is 55.5 Å². The van der Waals surface area contributed by atoms with Gasteiger partial charge < -0.3 is 10.8 Å². The molecule has 2 atom stereocenters. The monoisotopic (exact) mass is 432 g/mol. The first-order valence-corrected chi connectivity index (χ1v) is 11.8. The van der Waals surface area contributed by atoms with Gasteiger partial charge in [-0.05, 0) is 42.5 Å². The molecule has 0 spiro atoms. The molecule has 0 bridgehead atoms. The number of rotatable bonds is 9. The molecule has 6 nitrogen and oxygen atoms in total. The normalized spacial score (nSPS) is 14.3. The Morgan fingerprint density at radius 2 is 1.93 bits per heavy atom. The second kappa shape index (κ2) is 9.21. The topological polar surface area (TPSA) is 105 Å². The number of nitrogens with zero attached hydrogens (tertiary/aromatic N) is 1. The number of hydrogen-bond donors (Lipinski definition) is 3. The molecule has 1 heterocycles. The lowest BCUT2D eigenvalue weighted by Gasteiger charge is -2.24. The molecule has 29 heavy (non-hydrogen) atoms. The molecular formula is C21H26N3O3S2. The quantitative estimate of drug-likeness (QED) is 0.480. The standard InChI is InChI=1S/C21H26N3O3S2/c1-14(2)20(23-13-16(25)9-8-15-6-4-3-5-7-15)29(26,27)17-10-11-18-19(12-17)28-21(22)24-18/h3-7,9-12,14,16,20,23,25H,8,13H2,1-2H3,(H2,22,24)/t16-,20+/m1/s1. The summed E-state index contributed by atoms with van der Waals surface area (Å²) in [7, 11) is -3.64. The van der Waals surface area contributed by atoms with Crippen LogP contribution in [0.25, 0.3) is 10.2 Å². The van der Waals surface area contributed by atoms with Crippen molar-refractivity contribution in [1.29, 1.82) is 0 Å². The van der Waals surface area contributed by atoms with Crippen molar-refractivity contribution in [2.45, 2.75) is 36.6 Å². The van der Waals surface area contributed by atoms with E-state index in [9.17, 15) is 13.5 Å². The number of aliphatic hydroxyl groups is 1. The summed E-state index contributed by atoms with van der Waals surface area (Å²) in [6.07, 6.45) is 1.64. The van der Waals surface area contributed by atoms with E-state index < -0.39 is 21.3 Å². The lowest BCUT2D eigenvalue weighted by atomic mass is 10.1. The summed E-state index contributed by atoms with van der Waals surface area (Å²) in [5.41, 5.74) is 7.50. The largest absolute Gasteiger partial charge is 0.391 e. The molecule has 155 valence electrons. The molecule has 0 saturated heterocycles. The molecule has 8 heteroatoms. The molecule has 0 amide bonds. The van der Waals surface area contributed by atoms with E-state index in [4.69, 9.17) is 5.73 Å². The average molecular weight is 433 g/mol. The van der Waals surface area contributed by atoms with Gasteiger partial charge in [-0.25, -0.2) is 13.4 Å². The molecule has 0 unspecified atom stereocenters. The number of nitrogens with two attached hydrogens (primary N) is 1. The van der Waals surface area contributed by atoms with Crippen LogP contribution in [0.2, 0.25) is 0 Å². The molecule has 0 fully saturated rings. The Kier molecular flexibility index (Phi) is 6.89. The fourth-order valence-corrected chi connectivity index (χ4v) is 5.87. The van der Waals surface area contributed by atoms with Gasteiger partial charge in [0.2, 0.25) is 0 Å². The molecule has 0 saturated carbocycles. The predicted molar refractivity (Wildman–Crippen MR) is 118 cm³/mol. The molecule has 3 aromatic rings. The van der Waals surface area contributed by atoms with Crippen LogP contribution in [0.4, 0.5) is 5.13 Å². The first-order valence-electron chi connectivity index (χ1n) is 9.46. The first-order chi connectivity index (χ1) is 13.8. The lowest BCUT2D eigenvalue weighted by molar-refractivity contribution is 0.196. The van der Waals surface area contributed by atoms with Crippen molar-refractivity contribution in [1.82, 2.24) is 10.3 Å². The summed E-state index contributed by atoms with van der Waals surface area (Å²) in [6.45, 7) is 3.85. The van der Waals surface area contributed by atoms with Gasteiger partial charge in [0.05, 0.1) is 21.2 Å². The van der Waals surface area contributed by atoms with Crippen LogP contribution in [-0.4, -0.2) is 36.5 Å². The van der Waals surface area contributed by atoms with Crippen LogP contribution in [0.5, 0.6) is 0 Å². The van der Waals surface area contributed by atoms with Gasteiger partial charge in [0.25, 0.3) is 0 Å². The van der Waals surface area contributed by atoms with Gasteiger partial charge in [-0.3, -0.25) is 5.32 Å². The Morgan fingerprint density at radius 3 is 2.62 bits per heavy atom. The van der Waals surface area contributed by atoms with Crippen molar-refractivity contribution in [2.75, 3.05) is 12.3 Å². The number of thiazole rings is 1. The van der Waals surface area contributed by atoms with Crippen molar-refractivity contribution >= 4 is 36.5 Å². The SMILES string of the molecule is CC(C)[C@@H](NC[C@H](O)[CH]Cc1ccccc1)S(=O)(=O)c1ccc2nc(N)sc2c1. The highest BCUT2D eigenvalue weighted by molar-refractivity contribution is 7.92. The first kappa shape index (κ1) is 21.7. The minimum atomic E-state index is -3.64. The fraction of sp³-hybridized carbons (Fsp3) is 0.333. The summed E-state index contributed by atoms with van der Waals surface area (Å²) in [4.78, 5) is 4.39. The second-order valence-electron chi connectivity index (χ2n) is 7.29. The Morgan fingerprint density at radius 1 is 1.21 bits per heavy atom. The molecule has 3 rings (SSSR count). The van der Waals surface area contributed by atoms with Crippen LogP contribution in [0.3, 0.4) is 0 Å². The zero-order chi connectivity index (χ0) is 21.0. The van der Waals surface area contributed by atoms with Gasteiger partial charge in [-0.15, -0.1) is 0 Å². The van der Waals surface area contributed by atoms with Crippen LogP contribution >= 0.6 is 11.3 Å². The highest BCUT2D eigenvalue weighted by Crippen LogP contribution is 2.28. The van der Waals surface area contributed by atoms with E-state index in [0.29, 0.717) is 17.1 Å². The summed E-state index contributed by atoms with van der Waals surface area (Å²) in [5.74, 6) is -0.177. The van der Waals surface area contributed by atoms with E-state index in [1.807, 2.05) is 44.2 Å². The van der Waals surface area contributed by atoms with Gasteiger partial charge in [0.1, 0.15) is 5.37 Å². The molecule has 0 aliphatic heterocycles. The van der Waals surface area contributed by atoms with Crippen LogP contribution in [0.1, 0.15) is 19.4 Å². The van der Waals surface area contributed by atoms with E-state index in [0.717, 1.165) is 10.3 Å². The Hall–Kier alpha value is -2.00. The smallest absolute Gasteiger partial charge is 0.194 e. The van der Waals surface area contributed by atoms with Gasteiger partial charge in [0.15, 0.2) is 15.0 Å². The number of fused-ring (bicyclic) bond motifs is 1. The van der Waals surface area contributed by atoms with E-state index in [2.05, 4.69) is 10.3 Å². The maximum atomic E-state index is 13.2. The number of nitrogen functional groups attached to an aromatic ring is 1. The van der Waals surface area contributed by atoms with Gasteiger partial charge >= 0.3 is 0 Å². The zero-order valence-corrected chi connectivity index (χ0v) is 18.1. The summed E-state index contributed by atoms with van der Waals surface area (Å²) in [6, 6.07) is 14.7. The number of nitrogens with one attached hydrogen (secondary N) is 1. The third kappa shape index (κ3) is 5.33. The zero-order valence-electron chi connectivity index (χ0n) is 16.4. The van der Waals surface area contributed by atoms with E-state index in [-0.39, 0.29) is 17.4 Å². The van der Waals surface area contributed by atoms with Crippen molar-refractivity contribution in [3.63, 3.8) is 0 Å². The maximum absolute atomic E-state index is 13.2. The molecule has 0 aliphatic rings. The Balaban J connectivity index is 1.68. The van der Waals surface area contributed by atoms with Crippen molar-refractivity contribution in [3.8, 4) is 0 Å². The Labute approximate surface area is 175 Å². The third-order valence-corrected chi connectivity index (χ3v) is 7.78. The number of benzene rings is 2. The van der Waals surface area contributed by atoms with E-state index in [1.54, 1.807) is 24.6 Å². The molecule has 0 aliphatic carbocycles. The summed E-state index contributed by atoms with van der Waals surface area (Å²) in [5, 5.41) is 12.9. The Bertz CT molecular complexity index is 1050. The number of aromatic nitrogens is 1. The van der Waals surface area contributed by atoms with Gasteiger partial charge in [-0.2, -0.15) is 0 Å². The minimum Gasteiger partial charge on any atom is -0.391 e. The predicted octanol–water partition coefficient (Wildman–Crippen LogP) is 3.03. The van der Waals surface area contributed by atoms with Crippen LogP contribution in [0, 0.1) is 12.3 Å². The molecule has 1 aromatic heterocycles. The minimum absolute atomic E-state index is 0.157. The molecule has 4 N–H and O–H groups in total. The maximum Gasteiger partial charge on any atom is 0.194 e. The van der Waals surface area contributed by atoms with Gasteiger partial charge in [0, 0.05) is 6.54 Å². The second-order valence-corrected chi connectivity index (χ2v) is 10.4. The highest BCUT2D eigenvalue weighted by Gasteiger charge is 2.30. The molecule has 1 radical (unpaired) electrons. The highest BCUT2D eigenvalue weighted by atomic mass is 32.2. The number of anilines is 1. The molecule has 2 aromatic carbocycles. The van der Waals surface area contributed by atoms with E-state index >= 15 is 0 Å². The van der Waals surface area contributed by atoms with Crippen LogP contribution in [0.15, 0.2) is 53.4 Å².